The van der Waals surface area contributed by atoms with Gasteiger partial charge in [0.05, 0.1) is 28.0 Å². The Morgan fingerprint density at radius 1 is 0.329 bits per heavy atom. The summed E-state index contributed by atoms with van der Waals surface area (Å²) in [6, 6.07) is 19.0. The SMILES string of the molecule is N#Cc1ccc(C(NS(=O)(=O)c2ccccc2)C23c4c5c6c7c8c9c(c%10c%11c2c2c4c4c%12c5c5c6c6c8c8c%13c9c9c%10c%10c%11c%11c2c2c4c4c%12c%12c5c5c6c8c6c8c%13c9c9c%10c%10c%11c2c2c4c4c%12c5c6c5c8c9c%10c2c45)C73)cc1. The molecule has 4 aliphatic carbocycles. The predicted octanol–water partition coefficient (Wildman–Crippen LogP) is 18.7. The molecule has 0 saturated carbocycles. The normalized spacial score (nSPS) is 20.2. The summed E-state index contributed by atoms with van der Waals surface area (Å²) < 4.78 is 35.8. The van der Waals surface area contributed by atoms with E-state index in [1.807, 2.05) is 30.3 Å². The van der Waals surface area contributed by atoms with Gasteiger partial charge in [0, 0.05) is 5.92 Å². The fraction of sp³-hybridized carbons (Fsp3) is 0.0405. The summed E-state index contributed by atoms with van der Waals surface area (Å²) in [4.78, 5) is 0.276. The molecular formula is C74H12N2O2S. The first-order valence-electron chi connectivity index (χ1n) is 28.4. The lowest BCUT2D eigenvalue weighted by Gasteiger charge is -2.50. The summed E-state index contributed by atoms with van der Waals surface area (Å²) in [6.07, 6.45) is 0. The number of benzene rings is 20. The molecule has 336 valence electrons. The Labute approximate surface area is 433 Å². The van der Waals surface area contributed by atoms with Crippen LogP contribution in [0, 0.1) is 11.3 Å². The molecule has 5 heteroatoms. The van der Waals surface area contributed by atoms with Crippen molar-refractivity contribution in [1.82, 2.24) is 4.72 Å². The van der Waals surface area contributed by atoms with E-state index >= 15 is 8.42 Å². The van der Waals surface area contributed by atoms with E-state index in [1.54, 1.807) is 131 Å². The van der Waals surface area contributed by atoms with Gasteiger partial charge in [-0.25, -0.2) is 13.1 Å². The summed E-state index contributed by atoms with van der Waals surface area (Å²) in [5.74, 6) is -0.183. The monoisotopic (exact) mass is 992 g/mol. The molecule has 0 bridgehead atoms. The molecule has 34 rings (SSSR count). The molecule has 0 heterocycles. The van der Waals surface area contributed by atoms with E-state index in [9.17, 15) is 5.26 Å². The molecule has 1 N–H and O–H groups in total. The molecule has 1 atom stereocenters. The molecule has 1 unspecified atom stereocenters. The Morgan fingerprint density at radius 3 is 0.848 bits per heavy atom. The zero-order valence-electron chi connectivity index (χ0n) is 40.0. The van der Waals surface area contributed by atoms with Crippen molar-refractivity contribution in [3.63, 3.8) is 0 Å². The number of nitriles is 1. The van der Waals surface area contributed by atoms with Crippen LogP contribution in [0.1, 0.15) is 45.3 Å². The number of rotatable bonds is 5. The molecule has 0 spiro atoms. The van der Waals surface area contributed by atoms with Crippen LogP contribution in [0.25, 0.3) is 291 Å². The lowest BCUT2D eigenvalue weighted by atomic mass is 9.53. The molecule has 0 amide bonds. The summed E-state index contributed by atoms with van der Waals surface area (Å²) in [7, 11) is -4.17. The Kier molecular flexibility index (Phi) is 3.01. The van der Waals surface area contributed by atoms with Crippen LogP contribution in [0.5, 0.6) is 0 Å². The molecule has 30 aromatic carbocycles. The van der Waals surface area contributed by atoms with Gasteiger partial charge < -0.3 is 0 Å². The van der Waals surface area contributed by atoms with E-state index < -0.39 is 21.5 Å². The van der Waals surface area contributed by atoms with E-state index in [0.717, 1.165) is 5.56 Å². The quantitative estimate of drug-likeness (QED) is 0.175. The summed E-state index contributed by atoms with van der Waals surface area (Å²) in [5.41, 5.74) is 6.31. The van der Waals surface area contributed by atoms with Crippen LogP contribution in [0.2, 0.25) is 0 Å². The van der Waals surface area contributed by atoms with E-state index in [4.69, 9.17) is 0 Å². The number of sulfonamides is 1. The first-order chi connectivity index (χ1) is 39.1. The number of nitrogens with one attached hydrogen (secondary N) is 1. The minimum atomic E-state index is -4.17. The van der Waals surface area contributed by atoms with Gasteiger partial charge in [-0.3, -0.25) is 0 Å². The van der Waals surface area contributed by atoms with Crippen LogP contribution in [0.15, 0.2) is 59.5 Å². The summed E-state index contributed by atoms with van der Waals surface area (Å²) >= 11 is 0. The van der Waals surface area contributed by atoms with Crippen LogP contribution >= 0.6 is 0 Å². The smallest absolute Gasteiger partial charge is 0.207 e. The molecular weight excluding hydrogens is 981 g/mol. The van der Waals surface area contributed by atoms with Crippen molar-refractivity contribution in [3.8, 4) is 6.07 Å². The maximum Gasteiger partial charge on any atom is 0.241 e. The van der Waals surface area contributed by atoms with Crippen LogP contribution in [-0.2, 0) is 15.4 Å². The highest BCUT2D eigenvalue weighted by Gasteiger charge is 2.66. The van der Waals surface area contributed by atoms with E-state index in [2.05, 4.69) is 22.9 Å². The first-order valence-corrected chi connectivity index (χ1v) is 29.9. The maximum atomic E-state index is 16.0. The molecule has 4 aliphatic rings. The van der Waals surface area contributed by atoms with Gasteiger partial charge in [0.2, 0.25) is 10.0 Å². The van der Waals surface area contributed by atoms with Gasteiger partial charge in [-0.15, -0.1) is 0 Å². The molecule has 30 aromatic rings. The molecule has 79 heavy (non-hydrogen) atoms. The maximum absolute atomic E-state index is 16.0. The number of hydrogen-bond donors (Lipinski definition) is 1. The van der Waals surface area contributed by atoms with Crippen molar-refractivity contribution < 1.29 is 8.42 Å². The minimum absolute atomic E-state index is 0.183. The standard InChI is InChI=1S/C74H12N2O2S/c75-10-11-6-8-12(9-7-11)73(76-79(77,78)13-4-2-1-3-5-13)74-70-66-60-46-38-30-18-15-14-16-19(18)31-33-29-23(16)25-21-17(14)20-24-22(15)28-32(30)44(46)52-50-36(28)34(24)42-40-26(20)27(21)41-43-35(25)37(29)51-53-45(33)47(39(31)38)61(60)67(70)63(53)65-57(51)55(43)59-49(41)48(40)58-54(42)56(50)64(62(52)66)71(74)68(58)69(59)72(65)74/h1-9,70,73,76H. The average Bonchev–Trinajstić information content (AvgIpc) is 1.49. The van der Waals surface area contributed by atoms with Crippen LogP contribution in [0.4, 0.5) is 0 Å². The second-order valence-electron chi connectivity index (χ2n) is 27.2. The van der Waals surface area contributed by atoms with Crippen LogP contribution in [0.3, 0.4) is 0 Å². The van der Waals surface area contributed by atoms with Gasteiger partial charge in [0.25, 0.3) is 0 Å². The van der Waals surface area contributed by atoms with Gasteiger partial charge in [-0.2, -0.15) is 5.26 Å². The van der Waals surface area contributed by atoms with Crippen molar-refractivity contribution in [1.29, 1.82) is 5.26 Å². The lowest BCUT2D eigenvalue weighted by molar-refractivity contribution is 0.363. The topological polar surface area (TPSA) is 70.0 Å². The van der Waals surface area contributed by atoms with Crippen molar-refractivity contribution in [2.24, 2.45) is 0 Å². The second kappa shape index (κ2) is 7.56. The highest BCUT2D eigenvalue weighted by atomic mass is 32.2. The minimum Gasteiger partial charge on any atom is -0.207 e. The number of nitrogens with zero attached hydrogens (tertiary/aromatic N) is 1. The molecule has 0 radical (unpaired) electrons. The fourth-order valence-corrected chi connectivity index (χ4v) is 27.0. The third kappa shape index (κ3) is 1.90. The van der Waals surface area contributed by atoms with E-state index in [1.165, 1.54) is 195 Å². The molecule has 0 aromatic heterocycles. The van der Waals surface area contributed by atoms with Crippen molar-refractivity contribution in [3.05, 3.63) is 88.0 Å². The Hall–Kier alpha value is -9.70. The summed E-state index contributed by atoms with van der Waals surface area (Å²) in [5, 5.41) is 92.5. The zero-order chi connectivity index (χ0) is 48.2. The van der Waals surface area contributed by atoms with Gasteiger partial charge in [-0.05, 0) is 343 Å². The molecule has 0 saturated heterocycles. The van der Waals surface area contributed by atoms with E-state index in [-0.39, 0.29) is 10.8 Å². The van der Waals surface area contributed by atoms with Crippen molar-refractivity contribution in [2.45, 2.75) is 22.3 Å². The van der Waals surface area contributed by atoms with Crippen molar-refractivity contribution in [2.75, 3.05) is 0 Å². The Morgan fingerprint density at radius 2 is 0.570 bits per heavy atom. The highest BCUT2D eigenvalue weighted by molar-refractivity contribution is 7.89. The van der Waals surface area contributed by atoms with Gasteiger partial charge in [0.1, 0.15) is 0 Å². The Balaban J connectivity index is 1.05. The third-order valence-corrected chi connectivity index (χ3v) is 27.8. The lowest BCUT2D eigenvalue weighted by Crippen LogP contribution is -2.49. The number of hydrogen-bond acceptors (Lipinski definition) is 3. The predicted molar refractivity (Wildman–Crippen MR) is 326 cm³/mol. The fourth-order valence-electron chi connectivity index (χ4n) is 25.7. The van der Waals surface area contributed by atoms with Gasteiger partial charge in [0.15, 0.2) is 0 Å². The van der Waals surface area contributed by atoms with Gasteiger partial charge >= 0.3 is 0 Å². The molecule has 0 aliphatic heterocycles. The van der Waals surface area contributed by atoms with Crippen LogP contribution < -0.4 is 4.72 Å². The highest BCUT2D eigenvalue weighted by Crippen LogP contribution is 2.84. The third-order valence-electron chi connectivity index (χ3n) is 26.3. The van der Waals surface area contributed by atoms with Crippen LogP contribution in [-0.4, -0.2) is 8.42 Å². The largest absolute Gasteiger partial charge is 0.241 e. The average molecular weight is 993 g/mol. The second-order valence-corrected chi connectivity index (χ2v) is 28.9. The van der Waals surface area contributed by atoms with Gasteiger partial charge in [-0.1, -0.05) is 30.3 Å². The van der Waals surface area contributed by atoms with Crippen molar-refractivity contribution >= 4 is 301 Å². The summed E-state index contributed by atoms with van der Waals surface area (Å²) in [6.45, 7) is 0. The molecule has 0 fully saturated rings. The first kappa shape index (κ1) is 31.5. The van der Waals surface area contributed by atoms with E-state index in [0.29, 0.717) is 5.56 Å². The Bertz CT molecular complexity index is 7890. The molecule has 4 nitrogen and oxygen atoms in total. The zero-order valence-corrected chi connectivity index (χ0v) is 40.8.